The zero-order valence-electron chi connectivity index (χ0n) is 11.7. The molecule has 0 heterocycles. The van der Waals surface area contributed by atoms with E-state index in [2.05, 4.69) is 9.93 Å². The minimum absolute atomic E-state index is 0.142. The number of nitrogens with zero attached hydrogens (tertiary/aromatic N) is 1. The highest BCUT2D eigenvalue weighted by Gasteiger charge is 2.15. The van der Waals surface area contributed by atoms with Crippen LogP contribution in [0.1, 0.15) is 16.7 Å². The van der Waals surface area contributed by atoms with Crippen molar-refractivity contribution in [3.05, 3.63) is 59.2 Å². The quantitative estimate of drug-likeness (QED) is 0.672. The van der Waals surface area contributed by atoms with Gasteiger partial charge in [-0.1, -0.05) is 17.7 Å². The van der Waals surface area contributed by atoms with E-state index in [1.807, 2.05) is 6.92 Å². The molecule has 0 fully saturated rings. The predicted octanol–water partition coefficient (Wildman–Crippen LogP) is 2.32. The number of sulfonamides is 1. The summed E-state index contributed by atoms with van der Waals surface area (Å²) in [5, 5.41) is 12.9. The maximum atomic E-state index is 12.1. The summed E-state index contributed by atoms with van der Waals surface area (Å²) in [4.78, 5) is 2.38. The molecule has 0 saturated heterocycles. The van der Waals surface area contributed by atoms with Gasteiger partial charge in [-0.25, -0.2) is 4.83 Å². The van der Waals surface area contributed by atoms with Gasteiger partial charge in [-0.3, -0.25) is 0 Å². The number of hydrogen-bond donors (Lipinski definition) is 2. The van der Waals surface area contributed by atoms with Gasteiger partial charge in [0.15, 0.2) is 0 Å². The standard InChI is InChI=1S/C15H16N2O3S/c1-11-3-8-15(12(2)9-11)21(19,20)17-16-10-13-4-6-14(18)7-5-13/h3-10,17-18H,1-2H3/b16-10+. The zero-order chi connectivity index (χ0) is 15.5. The number of hydrazone groups is 1. The lowest BCUT2D eigenvalue weighted by Gasteiger charge is -2.07. The first-order valence-electron chi connectivity index (χ1n) is 6.30. The monoisotopic (exact) mass is 304 g/mol. The summed E-state index contributed by atoms with van der Waals surface area (Å²) < 4.78 is 24.3. The number of nitrogens with one attached hydrogen (secondary N) is 1. The number of rotatable bonds is 4. The van der Waals surface area contributed by atoms with Crippen LogP contribution >= 0.6 is 0 Å². The van der Waals surface area contributed by atoms with Crippen LogP contribution in [0.2, 0.25) is 0 Å². The highest BCUT2D eigenvalue weighted by molar-refractivity contribution is 7.89. The van der Waals surface area contributed by atoms with Crippen LogP contribution in [0.3, 0.4) is 0 Å². The van der Waals surface area contributed by atoms with Crippen LogP contribution in [0.4, 0.5) is 0 Å². The molecule has 5 nitrogen and oxygen atoms in total. The molecule has 2 N–H and O–H groups in total. The van der Waals surface area contributed by atoms with Crippen molar-refractivity contribution in [2.45, 2.75) is 18.7 Å². The molecule has 0 atom stereocenters. The molecule has 6 heteroatoms. The molecular formula is C15H16N2O3S. The van der Waals surface area contributed by atoms with E-state index in [-0.39, 0.29) is 10.6 Å². The fourth-order valence-electron chi connectivity index (χ4n) is 1.88. The fraction of sp³-hybridized carbons (Fsp3) is 0.133. The third-order valence-corrected chi connectivity index (χ3v) is 4.28. The van der Waals surface area contributed by atoms with Crippen LogP contribution in [0, 0.1) is 13.8 Å². The molecule has 0 spiro atoms. The molecule has 2 aromatic rings. The normalized spacial score (nSPS) is 11.7. The maximum absolute atomic E-state index is 12.1. The molecular weight excluding hydrogens is 288 g/mol. The van der Waals surface area contributed by atoms with Gasteiger partial charge < -0.3 is 5.11 Å². The number of aromatic hydroxyl groups is 1. The minimum atomic E-state index is -3.68. The SMILES string of the molecule is Cc1ccc(S(=O)(=O)N/N=C/c2ccc(O)cc2)c(C)c1. The van der Waals surface area contributed by atoms with Gasteiger partial charge in [-0.05, 0) is 55.3 Å². The number of aryl methyl sites for hydroxylation is 2. The molecule has 2 rings (SSSR count). The van der Waals surface area contributed by atoms with E-state index in [0.29, 0.717) is 11.1 Å². The van der Waals surface area contributed by atoms with Crippen LogP contribution in [0.25, 0.3) is 0 Å². The number of phenols is 1. The average Bonchev–Trinajstić information content (AvgIpc) is 2.40. The maximum Gasteiger partial charge on any atom is 0.276 e. The molecule has 2 aromatic carbocycles. The van der Waals surface area contributed by atoms with Crippen molar-refractivity contribution < 1.29 is 13.5 Å². The van der Waals surface area contributed by atoms with E-state index in [9.17, 15) is 8.42 Å². The summed E-state index contributed by atoms with van der Waals surface area (Å²) in [6, 6.07) is 11.4. The molecule has 110 valence electrons. The Kier molecular flexibility index (Phi) is 4.28. The molecule has 0 aliphatic heterocycles. The lowest BCUT2D eigenvalue weighted by molar-refractivity contribution is 0.475. The topological polar surface area (TPSA) is 78.8 Å². The highest BCUT2D eigenvalue weighted by atomic mass is 32.2. The molecule has 0 aromatic heterocycles. The summed E-state index contributed by atoms with van der Waals surface area (Å²) in [6.07, 6.45) is 1.38. The number of hydrogen-bond acceptors (Lipinski definition) is 4. The van der Waals surface area contributed by atoms with E-state index in [1.54, 1.807) is 37.3 Å². The summed E-state index contributed by atoms with van der Waals surface area (Å²) in [7, 11) is -3.68. The van der Waals surface area contributed by atoms with Gasteiger partial charge in [0.05, 0.1) is 11.1 Å². The Hall–Kier alpha value is -2.34. The van der Waals surface area contributed by atoms with Crippen LogP contribution in [0.15, 0.2) is 52.5 Å². The van der Waals surface area contributed by atoms with Crippen LogP contribution in [-0.2, 0) is 10.0 Å². The fourth-order valence-corrected chi connectivity index (χ4v) is 2.90. The molecule has 21 heavy (non-hydrogen) atoms. The Balaban J connectivity index is 2.16. The van der Waals surface area contributed by atoms with Crippen molar-refractivity contribution in [3.8, 4) is 5.75 Å². The molecule has 0 amide bonds. The molecule has 0 aliphatic carbocycles. The van der Waals surface area contributed by atoms with Gasteiger partial charge in [-0.2, -0.15) is 13.5 Å². The Morgan fingerprint density at radius 2 is 1.76 bits per heavy atom. The van der Waals surface area contributed by atoms with Crippen molar-refractivity contribution in [3.63, 3.8) is 0 Å². The Morgan fingerprint density at radius 1 is 1.10 bits per heavy atom. The highest BCUT2D eigenvalue weighted by Crippen LogP contribution is 2.16. The molecule has 0 aliphatic rings. The predicted molar refractivity (Wildman–Crippen MR) is 81.9 cm³/mol. The summed E-state index contributed by atoms with van der Waals surface area (Å²) >= 11 is 0. The second-order valence-corrected chi connectivity index (χ2v) is 6.34. The Bertz CT molecular complexity index is 766. The van der Waals surface area contributed by atoms with Crippen molar-refractivity contribution in [1.29, 1.82) is 0 Å². The third kappa shape index (κ3) is 3.82. The van der Waals surface area contributed by atoms with Crippen molar-refractivity contribution in [2.24, 2.45) is 5.10 Å². The Labute approximate surface area is 124 Å². The van der Waals surface area contributed by atoms with E-state index in [0.717, 1.165) is 5.56 Å². The van der Waals surface area contributed by atoms with Crippen LogP contribution in [0.5, 0.6) is 5.75 Å². The van der Waals surface area contributed by atoms with Crippen molar-refractivity contribution in [1.82, 2.24) is 4.83 Å². The Morgan fingerprint density at radius 3 is 2.38 bits per heavy atom. The summed E-state index contributed by atoms with van der Waals surface area (Å²) in [5.41, 5.74) is 2.34. The van der Waals surface area contributed by atoms with Gasteiger partial charge in [0.2, 0.25) is 0 Å². The van der Waals surface area contributed by atoms with Crippen LogP contribution < -0.4 is 4.83 Å². The minimum Gasteiger partial charge on any atom is -0.508 e. The first-order valence-corrected chi connectivity index (χ1v) is 7.78. The van der Waals surface area contributed by atoms with E-state index in [1.165, 1.54) is 18.3 Å². The molecule has 0 radical (unpaired) electrons. The van der Waals surface area contributed by atoms with Crippen LogP contribution in [-0.4, -0.2) is 19.7 Å². The average molecular weight is 304 g/mol. The van der Waals surface area contributed by atoms with Crippen molar-refractivity contribution in [2.75, 3.05) is 0 Å². The van der Waals surface area contributed by atoms with Gasteiger partial charge in [0.1, 0.15) is 5.75 Å². The molecule has 0 saturated carbocycles. The first-order chi connectivity index (χ1) is 9.88. The summed E-state index contributed by atoms with van der Waals surface area (Å²) in [5.74, 6) is 0.142. The van der Waals surface area contributed by atoms with Crippen molar-refractivity contribution >= 4 is 16.2 Å². The lowest BCUT2D eigenvalue weighted by atomic mass is 10.2. The van der Waals surface area contributed by atoms with Gasteiger partial charge in [-0.15, -0.1) is 0 Å². The van der Waals surface area contributed by atoms with E-state index >= 15 is 0 Å². The van der Waals surface area contributed by atoms with E-state index in [4.69, 9.17) is 5.11 Å². The van der Waals surface area contributed by atoms with Gasteiger partial charge in [0, 0.05) is 0 Å². The molecule has 0 bridgehead atoms. The second-order valence-electron chi connectivity index (χ2n) is 4.71. The number of phenolic OH excluding ortho intramolecular Hbond substituents is 1. The van der Waals surface area contributed by atoms with E-state index < -0.39 is 10.0 Å². The zero-order valence-corrected chi connectivity index (χ0v) is 12.6. The van der Waals surface area contributed by atoms with Gasteiger partial charge >= 0.3 is 0 Å². The number of benzene rings is 2. The lowest BCUT2D eigenvalue weighted by Crippen LogP contribution is -2.19. The first kappa shape index (κ1) is 15.1. The summed E-state index contributed by atoms with van der Waals surface area (Å²) in [6.45, 7) is 3.64. The second kappa shape index (κ2) is 5.97. The molecule has 0 unspecified atom stereocenters. The third-order valence-electron chi connectivity index (χ3n) is 2.90. The van der Waals surface area contributed by atoms with Gasteiger partial charge in [0.25, 0.3) is 10.0 Å². The largest absolute Gasteiger partial charge is 0.508 e. The smallest absolute Gasteiger partial charge is 0.276 e.